The zero-order valence-corrected chi connectivity index (χ0v) is 9.49. The molecule has 82 valence electrons. The van der Waals surface area contributed by atoms with Gasteiger partial charge >= 0.3 is 0 Å². The summed E-state index contributed by atoms with van der Waals surface area (Å²) in [6.45, 7) is 6.55. The third-order valence-electron chi connectivity index (χ3n) is 2.70. The average Bonchev–Trinajstić information content (AvgIpc) is 2.29. The van der Waals surface area contributed by atoms with Crippen LogP contribution in [-0.4, -0.2) is 13.7 Å². The minimum absolute atomic E-state index is 0.0354. The molecule has 0 amide bonds. The van der Waals surface area contributed by atoms with Crippen molar-refractivity contribution in [1.82, 2.24) is 0 Å². The first kappa shape index (κ1) is 11.8. The molecule has 0 aliphatic carbocycles. The van der Waals surface area contributed by atoms with Crippen LogP contribution in [0.2, 0.25) is 0 Å². The van der Waals surface area contributed by atoms with Crippen LogP contribution in [0.4, 0.5) is 0 Å². The van der Waals surface area contributed by atoms with Gasteiger partial charge in [-0.3, -0.25) is 0 Å². The van der Waals surface area contributed by atoms with Gasteiger partial charge in [0.15, 0.2) is 0 Å². The van der Waals surface area contributed by atoms with Crippen molar-refractivity contribution in [3.8, 4) is 5.75 Å². The first-order valence-electron chi connectivity index (χ1n) is 5.10. The van der Waals surface area contributed by atoms with Crippen LogP contribution in [0.25, 0.3) is 0 Å². The van der Waals surface area contributed by atoms with E-state index in [9.17, 15) is 0 Å². The highest BCUT2D eigenvalue weighted by molar-refractivity contribution is 5.29. The molecule has 1 aromatic carbocycles. The summed E-state index contributed by atoms with van der Waals surface area (Å²) in [5.41, 5.74) is 6.92. The molecule has 15 heavy (non-hydrogen) atoms. The fourth-order valence-electron chi connectivity index (χ4n) is 1.48. The van der Waals surface area contributed by atoms with Crippen LogP contribution in [0.3, 0.4) is 0 Å². The van der Waals surface area contributed by atoms with E-state index >= 15 is 0 Å². The number of hydrogen-bond acceptors (Lipinski definition) is 2. The van der Waals surface area contributed by atoms with E-state index in [1.54, 1.807) is 7.11 Å². The Morgan fingerprint density at radius 1 is 1.53 bits per heavy atom. The zero-order valence-electron chi connectivity index (χ0n) is 9.49. The molecule has 2 N–H and O–H groups in total. The Hall–Kier alpha value is -1.28. The maximum Gasteiger partial charge on any atom is 0.119 e. The highest BCUT2D eigenvalue weighted by atomic mass is 16.5. The molecule has 0 aromatic heterocycles. The quantitative estimate of drug-likeness (QED) is 0.749. The van der Waals surface area contributed by atoms with Gasteiger partial charge in [-0.25, -0.2) is 0 Å². The molecule has 0 radical (unpaired) electrons. The highest BCUT2D eigenvalue weighted by Gasteiger charge is 2.18. The van der Waals surface area contributed by atoms with Crippen LogP contribution in [0.1, 0.15) is 12.5 Å². The largest absolute Gasteiger partial charge is 0.497 e. The van der Waals surface area contributed by atoms with Crippen LogP contribution in [0.15, 0.2) is 36.9 Å². The number of ether oxygens (including phenoxy) is 1. The van der Waals surface area contributed by atoms with Gasteiger partial charge in [0.25, 0.3) is 0 Å². The van der Waals surface area contributed by atoms with Crippen LogP contribution in [-0.2, 0) is 6.42 Å². The van der Waals surface area contributed by atoms with Gasteiger partial charge < -0.3 is 10.5 Å². The van der Waals surface area contributed by atoms with E-state index in [0.29, 0.717) is 6.54 Å². The molecule has 1 aromatic rings. The molecule has 0 saturated heterocycles. The van der Waals surface area contributed by atoms with Gasteiger partial charge in [0, 0.05) is 12.0 Å². The molecule has 1 unspecified atom stereocenters. The van der Waals surface area contributed by atoms with E-state index in [-0.39, 0.29) is 5.41 Å². The Labute approximate surface area is 91.7 Å². The maximum absolute atomic E-state index is 5.73. The topological polar surface area (TPSA) is 35.2 Å². The van der Waals surface area contributed by atoms with Gasteiger partial charge in [-0.1, -0.05) is 25.1 Å². The van der Waals surface area contributed by atoms with Crippen molar-refractivity contribution < 1.29 is 4.74 Å². The summed E-state index contributed by atoms with van der Waals surface area (Å²) >= 11 is 0. The van der Waals surface area contributed by atoms with Crippen LogP contribution in [0, 0.1) is 5.41 Å². The van der Waals surface area contributed by atoms with Crippen LogP contribution >= 0.6 is 0 Å². The van der Waals surface area contributed by atoms with Crippen molar-refractivity contribution in [3.05, 3.63) is 42.5 Å². The number of methoxy groups -OCH3 is 1. The van der Waals surface area contributed by atoms with Crippen molar-refractivity contribution in [2.75, 3.05) is 13.7 Å². The SMILES string of the molecule is C=CC(C)(CN)Cc1cccc(OC)c1. The minimum atomic E-state index is -0.0354. The fraction of sp³-hybridized carbons (Fsp3) is 0.385. The first-order chi connectivity index (χ1) is 7.13. The molecule has 0 fully saturated rings. The highest BCUT2D eigenvalue weighted by Crippen LogP contribution is 2.24. The molecule has 2 nitrogen and oxygen atoms in total. The molecule has 0 aliphatic heterocycles. The molecule has 0 heterocycles. The van der Waals surface area contributed by atoms with Crippen LogP contribution < -0.4 is 10.5 Å². The summed E-state index contributed by atoms with van der Waals surface area (Å²) in [5, 5.41) is 0. The van der Waals surface area contributed by atoms with Gasteiger partial charge in [-0.05, 0) is 24.1 Å². The summed E-state index contributed by atoms with van der Waals surface area (Å²) in [4.78, 5) is 0. The molecule has 0 saturated carbocycles. The van der Waals surface area contributed by atoms with E-state index in [0.717, 1.165) is 12.2 Å². The average molecular weight is 205 g/mol. The second-order valence-electron chi connectivity index (χ2n) is 4.09. The third-order valence-corrected chi connectivity index (χ3v) is 2.70. The summed E-state index contributed by atoms with van der Waals surface area (Å²) in [7, 11) is 1.68. The minimum Gasteiger partial charge on any atom is -0.497 e. The monoisotopic (exact) mass is 205 g/mol. The molecule has 0 aliphatic rings. The van der Waals surface area contributed by atoms with Crippen molar-refractivity contribution in [3.63, 3.8) is 0 Å². The summed E-state index contributed by atoms with van der Waals surface area (Å²) in [6.07, 6.45) is 2.82. The Bertz CT molecular complexity index is 335. The zero-order chi connectivity index (χ0) is 11.3. The summed E-state index contributed by atoms with van der Waals surface area (Å²) in [6, 6.07) is 8.06. The lowest BCUT2D eigenvalue weighted by Gasteiger charge is -2.23. The Morgan fingerprint density at radius 3 is 2.80 bits per heavy atom. The summed E-state index contributed by atoms with van der Waals surface area (Å²) in [5.74, 6) is 0.885. The standard InChI is InChI=1S/C13H19NO/c1-4-13(2,10-14)9-11-6-5-7-12(8-11)15-3/h4-8H,1,9-10,14H2,2-3H3. The Morgan fingerprint density at radius 2 is 2.27 bits per heavy atom. The molecular weight excluding hydrogens is 186 g/mol. The van der Waals surface area contributed by atoms with E-state index in [1.807, 2.05) is 24.3 Å². The number of benzene rings is 1. The molecule has 2 heteroatoms. The summed E-state index contributed by atoms with van der Waals surface area (Å²) < 4.78 is 5.18. The number of rotatable bonds is 5. The fourth-order valence-corrected chi connectivity index (χ4v) is 1.48. The predicted molar refractivity (Wildman–Crippen MR) is 64.1 cm³/mol. The van der Waals surface area contributed by atoms with E-state index in [2.05, 4.69) is 19.6 Å². The van der Waals surface area contributed by atoms with Crippen molar-refractivity contribution in [1.29, 1.82) is 0 Å². The van der Waals surface area contributed by atoms with Gasteiger partial charge in [0.2, 0.25) is 0 Å². The third kappa shape index (κ3) is 3.10. The van der Waals surface area contributed by atoms with Gasteiger partial charge in [-0.15, -0.1) is 6.58 Å². The molecular formula is C13H19NO. The first-order valence-corrected chi connectivity index (χ1v) is 5.10. The maximum atomic E-state index is 5.73. The second-order valence-corrected chi connectivity index (χ2v) is 4.09. The van der Waals surface area contributed by atoms with E-state index in [4.69, 9.17) is 10.5 Å². The Balaban J connectivity index is 2.83. The number of hydrogen-bond donors (Lipinski definition) is 1. The number of nitrogens with two attached hydrogens (primary N) is 1. The van der Waals surface area contributed by atoms with Crippen molar-refractivity contribution in [2.24, 2.45) is 11.1 Å². The van der Waals surface area contributed by atoms with E-state index < -0.39 is 0 Å². The molecule has 0 bridgehead atoms. The second kappa shape index (κ2) is 4.99. The van der Waals surface area contributed by atoms with E-state index in [1.165, 1.54) is 5.56 Å². The smallest absolute Gasteiger partial charge is 0.119 e. The molecule has 0 spiro atoms. The van der Waals surface area contributed by atoms with Crippen molar-refractivity contribution >= 4 is 0 Å². The lowest BCUT2D eigenvalue weighted by Crippen LogP contribution is -2.27. The Kier molecular flexibility index (Phi) is 3.92. The van der Waals surface area contributed by atoms with Gasteiger partial charge in [0.1, 0.15) is 5.75 Å². The lowest BCUT2D eigenvalue weighted by molar-refractivity contribution is 0.410. The lowest BCUT2D eigenvalue weighted by atomic mass is 9.84. The predicted octanol–water partition coefficient (Wildman–Crippen LogP) is 2.39. The molecule has 1 rings (SSSR count). The van der Waals surface area contributed by atoms with Gasteiger partial charge in [-0.2, -0.15) is 0 Å². The normalized spacial score (nSPS) is 14.3. The van der Waals surface area contributed by atoms with Crippen LogP contribution in [0.5, 0.6) is 5.75 Å². The van der Waals surface area contributed by atoms with Crippen molar-refractivity contribution in [2.45, 2.75) is 13.3 Å². The van der Waals surface area contributed by atoms with Gasteiger partial charge in [0.05, 0.1) is 7.11 Å². The molecule has 1 atom stereocenters.